The average molecular weight is 377 g/mol. The molecule has 2 N–H and O–H groups in total. The van der Waals surface area contributed by atoms with E-state index in [0.717, 1.165) is 27.8 Å². The van der Waals surface area contributed by atoms with E-state index < -0.39 is 0 Å². The number of hydrogen-bond donors (Lipinski definition) is 2. The molecule has 0 saturated heterocycles. The Labute approximate surface area is 163 Å². The monoisotopic (exact) mass is 377 g/mol. The number of aliphatic hydroxyl groups is 1. The minimum Gasteiger partial charge on any atom is -0.491 e. The molecule has 144 valence electrons. The molecule has 0 atom stereocenters. The van der Waals surface area contributed by atoms with Gasteiger partial charge in [-0.2, -0.15) is 5.10 Å². The van der Waals surface area contributed by atoms with Crippen molar-refractivity contribution in [3.05, 3.63) is 70.5 Å². The van der Waals surface area contributed by atoms with Gasteiger partial charge in [0.1, 0.15) is 12.4 Å². The fourth-order valence-corrected chi connectivity index (χ4v) is 3.60. The fraction of sp³-hybridized carbons (Fsp3) is 0.273. The molecule has 6 nitrogen and oxygen atoms in total. The van der Waals surface area contributed by atoms with Gasteiger partial charge < -0.3 is 15.2 Å². The number of aromatic nitrogens is 2. The van der Waals surface area contributed by atoms with Crippen molar-refractivity contribution in [3.8, 4) is 16.9 Å². The summed E-state index contributed by atoms with van der Waals surface area (Å²) in [6.07, 6.45) is 4.50. The highest BCUT2D eigenvalue weighted by Gasteiger charge is 2.23. The molecule has 1 aliphatic heterocycles. The second-order valence-electron chi connectivity index (χ2n) is 7.05. The van der Waals surface area contributed by atoms with Crippen LogP contribution in [0.1, 0.15) is 32.6 Å². The molecule has 0 unspecified atom stereocenters. The Bertz CT molecular complexity index is 1020. The summed E-state index contributed by atoms with van der Waals surface area (Å²) in [6, 6.07) is 10.2. The van der Waals surface area contributed by atoms with Crippen molar-refractivity contribution < 1.29 is 14.6 Å². The third-order valence-electron chi connectivity index (χ3n) is 5.20. The van der Waals surface area contributed by atoms with Crippen LogP contribution in [-0.2, 0) is 20.1 Å². The number of ether oxygens (including phenoxy) is 1. The standard InChI is InChI=1S/C22H23N3O3/c1-14-17(10-19-21(20(14)13-26)28-8-7-23-22(19)27)9-15-3-5-16(6-4-15)18-11-24-25(2)12-18/h3-6,10-12,26H,7-9,13H2,1-2H3,(H,23,27). The first-order valence-electron chi connectivity index (χ1n) is 9.32. The number of hydrogen-bond acceptors (Lipinski definition) is 4. The molecule has 2 aromatic carbocycles. The Morgan fingerprint density at radius 3 is 2.71 bits per heavy atom. The molecular formula is C22H23N3O3. The first kappa shape index (κ1) is 18.3. The molecule has 1 aliphatic rings. The first-order chi connectivity index (χ1) is 13.6. The van der Waals surface area contributed by atoms with Gasteiger partial charge in [-0.25, -0.2) is 0 Å². The number of carbonyl (C=O) groups is 1. The van der Waals surface area contributed by atoms with Gasteiger partial charge in [0.2, 0.25) is 0 Å². The van der Waals surface area contributed by atoms with Gasteiger partial charge in [0.05, 0.1) is 24.9 Å². The number of fused-ring (bicyclic) bond motifs is 1. The summed E-state index contributed by atoms with van der Waals surface area (Å²) >= 11 is 0. The predicted molar refractivity (Wildman–Crippen MR) is 106 cm³/mol. The van der Waals surface area contributed by atoms with Gasteiger partial charge in [0, 0.05) is 24.4 Å². The Kier molecular flexibility index (Phi) is 4.88. The summed E-state index contributed by atoms with van der Waals surface area (Å²) in [4.78, 5) is 12.4. The van der Waals surface area contributed by atoms with Crippen molar-refractivity contribution in [2.75, 3.05) is 13.2 Å². The van der Waals surface area contributed by atoms with Crippen molar-refractivity contribution in [2.45, 2.75) is 20.0 Å². The van der Waals surface area contributed by atoms with E-state index >= 15 is 0 Å². The maximum atomic E-state index is 12.4. The van der Waals surface area contributed by atoms with Crippen LogP contribution < -0.4 is 10.1 Å². The van der Waals surface area contributed by atoms with Crippen LogP contribution in [0.2, 0.25) is 0 Å². The molecule has 6 heteroatoms. The lowest BCUT2D eigenvalue weighted by Crippen LogP contribution is -2.24. The van der Waals surface area contributed by atoms with Crippen LogP contribution >= 0.6 is 0 Å². The number of amides is 1. The van der Waals surface area contributed by atoms with Gasteiger partial charge in [-0.15, -0.1) is 0 Å². The predicted octanol–water partition coefficient (Wildman–Crippen LogP) is 2.60. The molecular weight excluding hydrogens is 354 g/mol. The van der Waals surface area contributed by atoms with Gasteiger partial charge in [-0.3, -0.25) is 9.48 Å². The van der Waals surface area contributed by atoms with Crippen LogP contribution in [0.5, 0.6) is 5.75 Å². The van der Waals surface area contributed by atoms with E-state index in [1.165, 1.54) is 0 Å². The van der Waals surface area contributed by atoms with Gasteiger partial charge in [-0.1, -0.05) is 24.3 Å². The van der Waals surface area contributed by atoms with Gasteiger partial charge in [0.15, 0.2) is 0 Å². The molecule has 2 heterocycles. The van der Waals surface area contributed by atoms with E-state index in [1.54, 1.807) is 4.68 Å². The Morgan fingerprint density at radius 2 is 2.04 bits per heavy atom. The number of rotatable bonds is 4. The van der Waals surface area contributed by atoms with E-state index in [4.69, 9.17) is 4.74 Å². The average Bonchev–Trinajstić information content (AvgIpc) is 3.05. The highest BCUT2D eigenvalue weighted by atomic mass is 16.5. The molecule has 0 spiro atoms. The Balaban J connectivity index is 1.67. The summed E-state index contributed by atoms with van der Waals surface area (Å²) < 4.78 is 7.53. The molecule has 1 amide bonds. The highest BCUT2D eigenvalue weighted by Crippen LogP contribution is 2.32. The van der Waals surface area contributed by atoms with Crippen molar-refractivity contribution in [1.82, 2.24) is 15.1 Å². The van der Waals surface area contributed by atoms with Crippen molar-refractivity contribution in [3.63, 3.8) is 0 Å². The zero-order valence-electron chi connectivity index (χ0n) is 16.0. The summed E-state index contributed by atoms with van der Waals surface area (Å²) in [7, 11) is 1.90. The van der Waals surface area contributed by atoms with E-state index in [9.17, 15) is 9.90 Å². The lowest BCUT2D eigenvalue weighted by Gasteiger charge is -2.17. The molecule has 0 aliphatic carbocycles. The van der Waals surface area contributed by atoms with E-state index in [-0.39, 0.29) is 12.5 Å². The molecule has 0 bridgehead atoms. The van der Waals surface area contributed by atoms with Crippen molar-refractivity contribution in [2.24, 2.45) is 7.05 Å². The third kappa shape index (κ3) is 3.39. The summed E-state index contributed by atoms with van der Waals surface area (Å²) in [5.74, 6) is 0.348. The minimum absolute atomic E-state index is 0.157. The minimum atomic E-state index is -0.158. The molecule has 1 aromatic heterocycles. The number of carbonyl (C=O) groups excluding carboxylic acids is 1. The third-order valence-corrected chi connectivity index (χ3v) is 5.20. The fourth-order valence-electron chi connectivity index (χ4n) is 3.60. The number of aliphatic hydroxyl groups excluding tert-OH is 1. The maximum absolute atomic E-state index is 12.4. The maximum Gasteiger partial charge on any atom is 0.255 e. The molecule has 0 radical (unpaired) electrons. The van der Waals surface area contributed by atoms with Crippen LogP contribution in [0.15, 0.2) is 42.7 Å². The van der Waals surface area contributed by atoms with Crippen molar-refractivity contribution >= 4 is 5.91 Å². The van der Waals surface area contributed by atoms with Crippen molar-refractivity contribution in [1.29, 1.82) is 0 Å². The topological polar surface area (TPSA) is 76.4 Å². The second kappa shape index (κ2) is 7.48. The number of benzene rings is 2. The quantitative estimate of drug-likeness (QED) is 0.733. The smallest absolute Gasteiger partial charge is 0.255 e. The van der Waals surface area contributed by atoms with Crippen LogP contribution in [0.25, 0.3) is 11.1 Å². The highest BCUT2D eigenvalue weighted by molar-refractivity contribution is 5.98. The summed E-state index contributed by atoms with van der Waals surface area (Å²) in [5.41, 5.74) is 6.48. The van der Waals surface area contributed by atoms with Gasteiger partial charge in [-0.05, 0) is 41.7 Å². The van der Waals surface area contributed by atoms with Crippen LogP contribution in [0.3, 0.4) is 0 Å². The normalized spacial score (nSPS) is 13.5. The van der Waals surface area contributed by atoms with Crippen LogP contribution in [-0.4, -0.2) is 33.9 Å². The second-order valence-corrected chi connectivity index (χ2v) is 7.05. The van der Waals surface area contributed by atoms with E-state index in [1.807, 2.05) is 32.4 Å². The lowest BCUT2D eigenvalue weighted by atomic mass is 9.92. The Hall–Kier alpha value is -3.12. The van der Waals surface area contributed by atoms with Crippen LogP contribution in [0, 0.1) is 6.92 Å². The molecule has 28 heavy (non-hydrogen) atoms. The van der Waals surface area contributed by atoms with Gasteiger partial charge in [0.25, 0.3) is 5.91 Å². The first-order valence-corrected chi connectivity index (χ1v) is 9.32. The molecule has 4 rings (SSSR count). The summed E-state index contributed by atoms with van der Waals surface area (Å²) in [5, 5.41) is 16.9. The number of nitrogens with zero attached hydrogens (tertiary/aromatic N) is 2. The number of nitrogens with one attached hydrogen (secondary N) is 1. The Morgan fingerprint density at radius 1 is 1.25 bits per heavy atom. The lowest BCUT2D eigenvalue weighted by molar-refractivity contribution is 0.0957. The number of aryl methyl sites for hydroxylation is 1. The molecule has 3 aromatic rings. The zero-order chi connectivity index (χ0) is 19.7. The van der Waals surface area contributed by atoms with Gasteiger partial charge >= 0.3 is 0 Å². The zero-order valence-corrected chi connectivity index (χ0v) is 16.0. The van der Waals surface area contributed by atoms with E-state index in [0.29, 0.717) is 36.4 Å². The SMILES string of the molecule is Cc1c(Cc2ccc(-c3cnn(C)c3)cc2)cc2c(c1CO)OCCNC2=O. The largest absolute Gasteiger partial charge is 0.491 e. The van der Waals surface area contributed by atoms with E-state index in [2.05, 4.69) is 34.7 Å². The summed E-state index contributed by atoms with van der Waals surface area (Å²) in [6.45, 7) is 2.68. The van der Waals surface area contributed by atoms with Crippen LogP contribution in [0.4, 0.5) is 0 Å². The molecule has 0 saturated carbocycles. The molecule has 0 fully saturated rings.